The lowest BCUT2D eigenvalue weighted by Crippen LogP contribution is -2.34. The van der Waals surface area contributed by atoms with E-state index in [1.54, 1.807) is 11.0 Å². The molecule has 1 aromatic carbocycles. The number of carbonyl (C=O) groups is 2. The summed E-state index contributed by atoms with van der Waals surface area (Å²) >= 11 is 0. The number of carbonyl (C=O) groups excluding carboxylic acids is 2. The van der Waals surface area contributed by atoms with E-state index in [0.29, 0.717) is 31.6 Å². The largest absolute Gasteiger partial charge is 0.356 e. The number of benzene rings is 1. The molecule has 2 amide bonds. The summed E-state index contributed by atoms with van der Waals surface area (Å²) in [5.74, 6) is -0.125. The van der Waals surface area contributed by atoms with E-state index in [4.69, 9.17) is 0 Å². The van der Waals surface area contributed by atoms with Gasteiger partial charge in [-0.25, -0.2) is 4.98 Å². The Morgan fingerprint density at radius 3 is 2.74 bits per heavy atom. The highest BCUT2D eigenvalue weighted by atomic mass is 16.2. The van der Waals surface area contributed by atoms with Gasteiger partial charge in [-0.15, -0.1) is 0 Å². The average molecular weight is 362 g/mol. The minimum atomic E-state index is -0.115. The van der Waals surface area contributed by atoms with Crippen molar-refractivity contribution in [1.82, 2.24) is 19.6 Å². The molecule has 0 aliphatic carbocycles. The van der Waals surface area contributed by atoms with Gasteiger partial charge in [0.2, 0.25) is 5.91 Å². The molecule has 0 radical (unpaired) electrons. The SMILES string of the molecule is CCNC(=O)C1CCN(C(=O)c2ccc3nc(-c4ccccc4)cn3c2)C1. The van der Waals surface area contributed by atoms with Gasteiger partial charge in [0.15, 0.2) is 0 Å². The second-order valence-electron chi connectivity index (χ2n) is 6.81. The maximum Gasteiger partial charge on any atom is 0.255 e. The lowest BCUT2D eigenvalue weighted by molar-refractivity contribution is -0.124. The molecule has 6 heteroatoms. The minimum absolute atomic E-state index is 0.0327. The first-order valence-electron chi connectivity index (χ1n) is 9.27. The normalized spacial score (nSPS) is 16.6. The van der Waals surface area contributed by atoms with E-state index >= 15 is 0 Å². The third-order valence-corrected chi connectivity index (χ3v) is 4.96. The van der Waals surface area contributed by atoms with Crippen LogP contribution in [0, 0.1) is 5.92 Å². The number of likely N-dealkylation sites (tertiary alicyclic amines) is 1. The van der Waals surface area contributed by atoms with Gasteiger partial charge < -0.3 is 14.6 Å². The zero-order chi connectivity index (χ0) is 18.8. The van der Waals surface area contributed by atoms with Crippen molar-refractivity contribution in [2.24, 2.45) is 5.92 Å². The van der Waals surface area contributed by atoms with Gasteiger partial charge in [0.1, 0.15) is 5.65 Å². The fourth-order valence-electron chi connectivity index (χ4n) is 3.53. The molecule has 1 N–H and O–H groups in total. The highest BCUT2D eigenvalue weighted by molar-refractivity contribution is 5.95. The lowest BCUT2D eigenvalue weighted by atomic mass is 10.1. The summed E-state index contributed by atoms with van der Waals surface area (Å²) < 4.78 is 1.88. The number of amides is 2. The Kier molecular flexibility index (Phi) is 4.62. The third kappa shape index (κ3) is 3.43. The van der Waals surface area contributed by atoms with Crippen molar-refractivity contribution in [3.8, 4) is 11.3 Å². The zero-order valence-electron chi connectivity index (χ0n) is 15.3. The molecule has 0 bridgehead atoms. The first-order chi connectivity index (χ1) is 13.2. The molecule has 1 aliphatic heterocycles. The van der Waals surface area contributed by atoms with Gasteiger partial charge in [-0.2, -0.15) is 0 Å². The van der Waals surface area contributed by atoms with E-state index in [0.717, 1.165) is 16.9 Å². The first kappa shape index (κ1) is 17.3. The van der Waals surface area contributed by atoms with E-state index in [1.165, 1.54) is 0 Å². The van der Waals surface area contributed by atoms with Crippen molar-refractivity contribution in [1.29, 1.82) is 0 Å². The Bertz CT molecular complexity index is 980. The highest BCUT2D eigenvalue weighted by Gasteiger charge is 2.31. The molecule has 3 heterocycles. The molecule has 2 aromatic heterocycles. The number of hydrogen-bond acceptors (Lipinski definition) is 3. The number of imidazole rings is 1. The number of hydrogen-bond donors (Lipinski definition) is 1. The average Bonchev–Trinajstić information content (AvgIpc) is 3.35. The summed E-state index contributed by atoms with van der Waals surface area (Å²) in [6.45, 7) is 3.60. The predicted molar refractivity (Wildman–Crippen MR) is 103 cm³/mol. The van der Waals surface area contributed by atoms with E-state index in [9.17, 15) is 9.59 Å². The van der Waals surface area contributed by atoms with Crippen LogP contribution in [0.1, 0.15) is 23.7 Å². The minimum Gasteiger partial charge on any atom is -0.356 e. The van der Waals surface area contributed by atoms with E-state index in [1.807, 2.05) is 60.1 Å². The maximum atomic E-state index is 12.9. The van der Waals surface area contributed by atoms with Gasteiger partial charge in [-0.3, -0.25) is 9.59 Å². The van der Waals surface area contributed by atoms with Crippen molar-refractivity contribution in [3.63, 3.8) is 0 Å². The number of rotatable bonds is 4. The standard InChI is InChI=1S/C21H22N4O2/c1-2-22-20(26)16-10-11-24(12-16)21(27)17-8-9-19-23-18(14-25(19)13-17)15-6-4-3-5-7-15/h3-9,13-14,16H,2,10-12H2,1H3,(H,22,26). The second kappa shape index (κ2) is 7.23. The van der Waals surface area contributed by atoms with Crippen molar-refractivity contribution in [2.45, 2.75) is 13.3 Å². The number of nitrogens with zero attached hydrogens (tertiary/aromatic N) is 3. The molecule has 1 atom stereocenters. The Labute approximate surface area is 157 Å². The molecule has 1 fully saturated rings. The van der Waals surface area contributed by atoms with Crippen molar-refractivity contribution in [2.75, 3.05) is 19.6 Å². The van der Waals surface area contributed by atoms with Crippen LogP contribution in [0.3, 0.4) is 0 Å². The molecule has 1 unspecified atom stereocenters. The van der Waals surface area contributed by atoms with Crippen LogP contribution in [0.15, 0.2) is 54.9 Å². The van der Waals surface area contributed by atoms with Crippen molar-refractivity contribution in [3.05, 3.63) is 60.4 Å². The van der Waals surface area contributed by atoms with E-state index in [-0.39, 0.29) is 17.7 Å². The van der Waals surface area contributed by atoms with Crippen molar-refractivity contribution < 1.29 is 9.59 Å². The smallest absolute Gasteiger partial charge is 0.255 e. The van der Waals surface area contributed by atoms with Crippen LogP contribution in [0.2, 0.25) is 0 Å². The number of pyridine rings is 1. The summed E-state index contributed by atoms with van der Waals surface area (Å²) in [6.07, 6.45) is 4.46. The lowest BCUT2D eigenvalue weighted by Gasteiger charge is -2.16. The number of fused-ring (bicyclic) bond motifs is 1. The molecular weight excluding hydrogens is 340 g/mol. The molecule has 1 saturated heterocycles. The molecular formula is C21H22N4O2. The highest BCUT2D eigenvalue weighted by Crippen LogP contribution is 2.21. The van der Waals surface area contributed by atoms with Crippen LogP contribution in [0.25, 0.3) is 16.9 Å². The summed E-state index contributed by atoms with van der Waals surface area (Å²) in [4.78, 5) is 31.2. The molecule has 6 nitrogen and oxygen atoms in total. The summed E-state index contributed by atoms with van der Waals surface area (Å²) in [7, 11) is 0. The van der Waals surface area contributed by atoms with Crippen molar-refractivity contribution >= 4 is 17.5 Å². The number of aromatic nitrogens is 2. The van der Waals surface area contributed by atoms with Gasteiger partial charge in [0.25, 0.3) is 5.91 Å². The topological polar surface area (TPSA) is 66.7 Å². The molecule has 1 aliphatic rings. The van der Waals surface area contributed by atoms with Crippen LogP contribution in [-0.2, 0) is 4.79 Å². The summed E-state index contributed by atoms with van der Waals surface area (Å²) in [5.41, 5.74) is 3.32. The van der Waals surface area contributed by atoms with Gasteiger partial charge >= 0.3 is 0 Å². The second-order valence-corrected chi connectivity index (χ2v) is 6.81. The fourth-order valence-corrected chi connectivity index (χ4v) is 3.53. The van der Waals surface area contributed by atoms with Crippen LogP contribution < -0.4 is 5.32 Å². The van der Waals surface area contributed by atoms with Crippen LogP contribution in [0.5, 0.6) is 0 Å². The van der Waals surface area contributed by atoms with Gasteiger partial charge in [-0.1, -0.05) is 30.3 Å². The third-order valence-electron chi connectivity index (χ3n) is 4.96. The van der Waals surface area contributed by atoms with Crippen LogP contribution in [0.4, 0.5) is 0 Å². The first-order valence-corrected chi connectivity index (χ1v) is 9.27. The molecule has 0 saturated carbocycles. The number of nitrogens with one attached hydrogen (secondary N) is 1. The quantitative estimate of drug-likeness (QED) is 0.776. The van der Waals surface area contributed by atoms with Crippen LogP contribution >= 0.6 is 0 Å². The van der Waals surface area contributed by atoms with Gasteiger partial charge in [0, 0.05) is 37.6 Å². The molecule has 138 valence electrons. The monoisotopic (exact) mass is 362 g/mol. The fraction of sp³-hybridized carbons (Fsp3) is 0.286. The van der Waals surface area contributed by atoms with E-state index in [2.05, 4.69) is 10.3 Å². The van der Waals surface area contributed by atoms with Crippen LogP contribution in [-0.4, -0.2) is 45.7 Å². The van der Waals surface area contributed by atoms with Gasteiger partial charge in [0.05, 0.1) is 17.2 Å². The summed E-state index contributed by atoms with van der Waals surface area (Å²) in [6, 6.07) is 13.6. The molecule has 0 spiro atoms. The molecule has 4 rings (SSSR count). The Morgan fingerprint density at radius 1 is 1.15 bits per heavy atom. The summed E-state index contributed by atoms with van der Waals surface area (Å²) in [5, 5.41) is 2.84. The van der Waals surface area contributed by atoms with Gasteiger partial charge in [-0.05, 0) is 25.5 Å². The zero-order valence-corrected chi connectivity index (χ0v) is 15.3. The Morgan fingerprint density at radius 2 is 1.96 bits per heavy atom. The molecule has 27 heavy (non-hydrogen) atoms. The molecule has 3 aromatic rings. The predicted octanol–water partition coefficient (Wildman–Crippen LogP) is 2.60. The maximum absolute atomic E-state index is 12.9. The Balaban J connectivity index is 1.54. The Hall–Kier alpha value is -3.15. The van der Waals surface area contributed by atoms with E-state index < -0.39 is 0 Å².